The van der Waals surface area contributed by atoms with Gasteiger partial charge in [0.15, 0.2) is 5.78 Å². The fourth-order valence-corrected chi connectivity index (χ4v) is 3.08. The average Bonchev–Trinajstić information content (AvgIpc) is 2.82. The summed E-state index contributed by atoms with van der Waals surface area (Å²) in [6, 6.07) is 6.08. The van der Waals surface area contributed by atoms with Crippen molar-refractivity contribution >= 4 is 17.4 Å². The average molecular weight is 312 g/mol. The van der Waals surface area contributed by atoms with Crippen LogP contribution in [0.5, 0.6) is 0 Å². The molecule has 1 aromatic carbocycles. The Morgan fingerprint density at radius 1 is 1.09 bits per heavy atom. The zero-order valence-corrected chi connectivity index (χ0v) is 14.5. The Balaban J connectivity index is 2.41. The summed E-state index contributed by atoms with van der Waals surface area (Å²) in [6.45, 7) is 9.29. The highest BCUT2D eigenvalue weighted by Crippen LogP contribution is 2.25. The highest BCUT2D eigenvalue weighted by molar-refractivity contribution is 6.08. The van der Waals surface area contributed by atoms with Gasteiger partial charge < -0.3 is 10.3 Å². The van der Waals surface area contributed by atoms with Crippen LogP contribution in [-0.4, -0.2) is 16.7 Å². The predicted molar refractivity (Wildman–Crippen MR) is 93.4 cm³/mol. The summed E-state index contributed by atoms with van der Waals surface area (Å²) < 4.78 is 0. The number of H-pyrrole nitrogens is 1. The first-order valence-electron chi connectivity index (χ1n) is 8.02. The molecule has 122 valence electrons. The van der Waals surface area contributed by atoms with Crippen LogP contribution < -0.4 is 5.32 Å². The summed E-state index contributed by atoms with van der Waals surface area (Å²) >= 11 is 0. The monoisotopic (exact) mass is 312 g/mol. The van der Waals surface area contributed by atoms with E-state index >= 15 is 0 Å². The standard InChI is InChI=1S/C19H24N2O2/c1-6-14-9-8-10-15(7-2)18(14)21-19(23)17-11(3)16(13(5)22)12(4)20-17/h8-10,20H,6-7H2,1-5H3,(H,21,23). The highest BCUT2D eigenvalue weighted by atomic mass is 16.2. The minimum Gasteiger partial charge on any atom is -0.354 e. The number of benzene rings is 1. The van der Waals surface area contributed by atoms with E-state index in [1.807, 2.05) is 32.0 Å². The van der Waals surface area contributed by atoms with E-state index in [4.69, 9.17) is 0 Å². The van der Waals surface area contributed by atoms with Crippen molar-refractivity contribution in [2.45, 2.75) is 47.5 Å². The number of hydrogen-bond donors (Lipinski definition) is 2. The van der Waals surface area contributed by atoms with Crippen molar-refractivity contribution in [2.75, 3.05) is 5.32 Å². The largest absolute Gasteiger partial charge is 0.354 e. The number of para-hydroxylation sites is 1. The van der Waals surface area contributed by atoms with Gasteiger partial charge in [-0.15, -0.1) is 0 Å². The topological polar surface area (TPSA) is 62.0 Å². The molecule has 0 saturated heterocycles. The van der Waals surface area contributed by atoms with Gasteiger partial charge in [-0.05, 0) is 50.3 Å². The van der Waals surface area contributed by atoms with Crippen LogP contribution in [0.1, 0.15) is 64.0 Å². The third-order valence-electron chi connectivity index (χ3n) is 4.25. The number of ketones is 1. The number of aryl methyl sites for hydroxylation is 3. The molecule has 23 heavy (non-hydrogen) atoms. The Labute approximate surface area is 137 Å². The lowest BCUT2D eigenvalue weighted by molar-refractivity contribution is 0.101. The third kappa shape index (κ3) is 3.21. The Morgan fingerprint density at radius 3 is 2.09 bits per heavy atom. The Morgan fingerprint density at radius 2 is 1.65 bits per heavy atom. The summed E-state index contributed by atoms with van der Waals surface area (Å²) in [5.41, 5.74) is 5.63. The summed E-state index contributed by atoms with van der Waals surface area (Å²) in [4.78, 5) is 27.5. The van der Waals surface area contributed by atoms with E-state index in [1.165, 1.54) is 6.92 Å². The molecule has 4 heteroatoms. The molecular formula is C19H24N2O2. The van der Waals surface area contributed by atoms with Crippen molar-refractivity contribution in [3.8, 4) is 0 Å². The van der Waals surface area contributed by atoms with Gasteiger partial charge in [-0.2, -0.15) is 0 Å². The second-order valence-electron chi connectivity index (χ2n) is 5.79. The lowest BCUT2D eigenvalue weighted by Crippen LogP contribution is -2.16. The lowest BCUT2D eigenvalue weighted by Gasteiger charge is -2.14. The number of rotatable bonds is 5. The van der Waals surface area contributed by atoms with Crippen molar-refractivity contribution in [1.29, 1.82) is 0 Å². The van der Waals surface area contributed by atoms with Crippen LogP contribution >= 0.6 is 0 Å². The molecule has 4 nitrogen and oxygen atoms in total. The van der Waals surface area contributed by atoms with Crippen molar-refractivity contribution in [3.63, 3.8) is 0 Å². The Hall–Kier alpha value is -2.36. The van der Waals surface area contributed by atoms with Crippen LogP contribution in [-0.2, 0) is 12.8 Å². The molecule has 0 radical (unpaired) electrons. The van der Waals surface area contributed by atoms with Crippen molar-refractivity contribution in [2.24, 2.45) is 0 Å². The number of aromatic amines is 1. The molecule has 2 N–H and O–H groups in total. The molecule has 2 rings (SSSR count). The first-order valence-corrected chi connectivity index (χ1v) is 8.02. The minimum absolute atomic E-state index is 0.0292. The number of aromatic nitrogens is 1. The summed E-state index contributed by atoms with van der Waals surface area (Å²) in [5.74, 6) is -0.229. The smallest absolute Gasteiger partial charge is 0.272 e. The second-order valence-corrected chi connectivity index (χ2v) is 5.79. The van der Waals surface area contributed by atoms with Crippen LogP contribution in [0, 0.1) is 13.8 Å². The number of hydrogen-bond acceptors (Lipinski definition) is 2. The minimum atomic E-state index is -0.200. The molecule has 0 aliphatic carbocycles. The molecule has 0 fully saturated rings. The van der Waals surface area contributed by atoms with Gasteiger partial charge in [0, 0.05) is 16.9 Å². The first kappa shape index (κ1) is 17.0. The molecule has 0 aliphatic heterocycles. The summed E-state index contributed by atoms with van der Waals surface area (Å²) in [6.07, 6.45) is 1.70. The molecule has 0 bridgehead atoms. The van der Waals surface area contributed by atoms with E-state index in [9.17, 15) is 9.59 Å². The number of anilines is 1. The van der Waals surface area contributed by atoms with Crippen LogP contribution in [0.15, 0.2) is 18.2 Å². The zero-order chi connectivity index (χ0) is 17.1. The van der Waals surface area contributed by atoms with E-state index in [-0.39, 0.29) is 11.7 Å². The van der Waals surface area contributed by atoms with Crippen LogP contribution in [0.25, 0.3) is 0 Å². The van der Waals surface area contributed by atoms with Crippen molar-refractivity contribution in [1.82, 2.24) is 4.98 Å². The second kappa shape index (κ2) is 6.82. The van der Waals surface area contributed by atoms with Gasteiger partial charge in [0.25, 0.3) is 5.91 Å². The molecule has 0 aliphatic rings. The molecule has 0 spiro atoms. The van der Waals surface area contributed by atoms with Crippen molar-refractivity contribution in [3.05, 3.63) is 51.8 Å². The van der Waals surface area contributed by atoms with E-state index in [1.54, 1.807) is 0 Å². The molecule has 2 aromatic rings. The fourth-order valence-electron chi connectivity index (χ4n) is 3.08. The molecule has 0 unspecified atom stereocenters. The third-order valence-corrected chi connectivity index (χ3v) is 4.25. The number of carbonyl (C=O) groups is 2. The van der Waals surface area contributed by atoms with Crippen molar-refractivity contribution < 1.29 is 9.59 Å². The number of amides is 1. The molecular weight excluding hydrogens is 288 g/mol. The van der Waals surface area contributed by atoms with Gasteiger partial charge >= 0.3 is 0 Å². The van der Waals surface area contributed by atoms with Gasteiger partial charge in [-0.25, -0.2) is 0 Å². The Kier molecular flexibility index (Phi) is 5.04. The van der Waals surface area contributed by atoms with Gasteiger partial charge in [-0.1, -0.05) is 32.0 Å². The summed E-state index contributed by atoms with van der Waals surface area (Å²) in [5, 5.41) is 3.04. The number of carbonyl (C=O) groups excluding carboxylic acids is 2. The summed E-state index contributed by atoms with van der Waals surface area (Å²) in [7, 11) is 0. The maximum Gasteiger partial charge on any atom is 0.272 e. The van der Waals surface area contributed by atoms with Crippen LogP contribution in [0.2, 0.25) is 0 Å². The number of Topliss-reactive ketones (excluding diaryl/α,β-unsaturated/α-hetero) is 1. The molecule has 1 heterocycles. The van der Waals surface area contributed by atoms with E-state index in [0.717, 1.165) is 35.3 Å². The van der Waals surface area contributed by atoms with Crippen LogP contribution in [0.4, 0.5) is 5.69 Å². The quantitative estimate of drug-likeness (QED) is 0.812. The van der Waals surface area contributed by atoms with E-state index < -0.39 is 0 Å². The van der Waals surface area contributed by atoms with E-state index in [2.05, 4.69) is 24.1 Å². The van der Waals surface area contributed by atoms with Gasteiger partial charge in [0.1, 0.15) is 5.69 Å². The van der Waals surface area contributed by atoms with Crippen LogP contribution in [0.3, 0.4) is 0 Å². The predicted octanol–water partition coefficient (Wildman–Crippen LogP) is 4.21. The normalized spacial score (nSPS) is 10.7. The highest BCUT2D eigenvalue weighted by Gasteiger charge is 2.21. The Bertz CT molecular complexity index is 735. The van der Waals surface area contributed by atoms with Gasteiger partial charge in [-0.3, -0.25) is 9.59 Å². The zero-order valence-electron chi connectivity index (χ0n) is 14.5. The molecule has 1 aromatic heterocycles. The number of nitrogens with one attached hydrogen (secondary N) is 2. The first-order chi connectivity index (χ1) is 10.9. The molecule has 0 saturated carbocycles. The molecule has 0 atom stereocenters. The van der Waals surface area contributed by atoms with E-state index in [0.29, 0.717) is 16.8 Å². The maximum absolute atomic E-state index is 12.7. The SMILES string of the molecule is CCc1cccc(CC)c1NC(=O)c1[nH]c(C)c(C(C)=O)c1C. The maximum atomic E-state index is 12.7. The van der Waals surface area contributed by atoms with Gasteiger partial charge in [0.05, 0.1) is 0 Å². The molecule has 1 amide bonds. The fraction of sp³-hybridized carbons (Fsp3) is 0.368. The lowest BCUT2D eigenvalue weighted by atomic mass is 10.0. The van der Waals surface area contributed by atoms with Gasteiger partial charge in [0.2, 0.25) is 0 Å².